The lowest BCUT2D eigenvalue weighted by Gasteiger charge is -2.04. The van der Waals surface area contributed by atoms with Gasteiger partial charge in [0.15, 0.2) is 5.82 Å². The summed E-state index contributed by atoms with van der Waals surface area (Å²) in [5, 5.41) is 12.2. The summed E-state index contributed by atoms with van der Waals surface area (Å²) in [6, 6.07) is 15.4. The standard InChI is InChI=1S/C16H13ClN4S/c1-11-5-2-3-8-14(11)15-19-20-16(22)21(15)18-10-12-6-4-7-13(17)9-12/h2-10H,1H3,(H,20,22)/b18-10+. The molecule has 0 unspecified atom stereocenters. The van der Waals surface area contributed by atoms with E-state index in [4.69, 9.17) is 23.8 Å². The normalized spacial score (nSPS) is 11.2. The van der Waals surface area contributed by atoms with Gasteiger partial charge in [-0.1, -0.05) is 48.0 Å². The molecule has 0 spiro atoms. The lowest BCUT2D eigenvalue weighted by atomic mass is 10.1. The topological polar surface area (TPSA) is 46.0 Å². The van der Waals surface area contributed by atoms with Crippen LogP contribution in [0.1, 0.15) is 11.1 Å². The Morgan fingerprint density at radius 3 is 2.82 bits per heavy atom. The highest BCUT2D eigenvalue weighted by Gasteiger charge is 2.09. The average Bonchev–Trinajstić information content (AvgIpc) is 2.87. The Hall–Kier alpha value is -2.24. The van der Waals surface area contributed by atoms with E-state index in [0.29, 0.717) is 15.6 Å². The number of nitrogens with one attached hydrogen (secondary N) is 1. The van der Waals surface area contributed by atoms with Gasteiger partial charge in [-0.15, -0.1) is 0 Å². The first-order valence-electron chi connectivity index (χ1n) is 6.68. The molecule has 1 aromatic heterocycles. The molecule has 0 bridgehead atoms. The predicted molar refractivity (Wildman–Crippen MR) is 92.0 cm³/mol. The molecule has 2 aromatic carbocycles. The van der Waals surface area contributed by atoms with E-state index in [1.807, 2.05) is 55.5 Å². The highest BCUT2D eigenvalue weighted by Crippen LogP contribution is 2.21. The van der Waals surface area contributed by atoms with Crippen molar-refractivity contribution in [3.05, 3.63) is 69.5 Å². The van der Waals surface area contributed by atoms with E-state index in [-0.39, 0.29) is 0 Å². The molecule has 3 aromatic rings. The summed E-state index contributed by atoms with van der Waals surface area (Å²) in [5.41, 5.74) is 2.99. The van der Waals surface area contributed by atoms with Crippen molar-refractivity contribution in [1.29, 1.82) is 0 Å². The zero-order valence-electron chi connectivity index (χ0n) is 11.8. The van der Waals surface area contributed by atoms with Gasteiger partial charge in [-0.05, 0) is 42.4 Å². The fraction of sp³-hybridized carbons (Fsp3) is 0.0625. The van der Waals surface area contributed by atoms with Crippen LogP contribution in [0, 0.1) is 11.7 Å². The van der Waals surface area contributed by atoms with Gasteiger partial charge in [0.25, 0.3) is 0 Å². The molecule has 0 saturated carbocycles. The fourth-order valence-electron chi connectivity index (χ4n) is 2.11. The Kier molecular flexibility index (Phi) is 4.18. The van der Waals surface area contributed by atoms with Crippen LogP contribution in [0.2, 0.25) is 5.02 Å². The largest absolute Gasteiger partial charge is 0.250 e. The predicted octanol–water partition coefficient (Wildman–Crippen LogP) is 4.45. The van der Waals surface area contributed by atoms with Crippen molar-refractivity contribution in [2.75, 3.05) is 0 Å². The monoisotopic (exact) mass is 328 g/mol. The number of rotatable bonds is 3. The Labute approximate surface area is 138 Å². The van der Waals surface area contributed by atoms with Gasteiger partial charge in [0.1, 0.15) is 0 Å². The van der Waals surface area contributed by atoms with Crippen molar-refractivity contribution in [3.63, 3.8) is 0 Å². The molecule has 0 aliphatic heterocycles. The summed E-state index contributed by atoms with van der Waals surface area (Å²) < 4.78 is 2.05. The molecule has 6 heteroatoms. The number of nitrogens with zero attached hydrogens (tertiary/aromatic N) is 3. The number of aromatic amines is 1. The van der Waals surface area contributed by atoms with Crippen LogP contribution in [0.25, 0.3) is 11.4 Å². The molecule has 4 nitrogen and oxygen atoms in total. The Bertz CT molecular complexity index is 895. The van der Waals surface area contributed by atoms with Crippen molar-refractivity contribution < 1.29 is 0 Å². The zero-order chi connectivity index (χ0) is 15.5. The minimum absolute atomic E-state index is 0.441. The third kappa shape index (κ3) is 3.00. The molecule has 1 N–H and O–H groups in total. The third-order valence-corrected chi connectivity index (χ3v) is 3.71. The Balaban J connectivity index is 2.04. The van der Waals surface area contributed by atoms with Crippen LogP contribution >= 0.6 is 23.8 Å². The minimum atomic E-state index is 0.441. The number of hydrogen-bond donors (Lipinski definition) is 1. The van der Waals surface area contributed by atoms with Crippen LogP contribution in [0.5, 0.6) is 0 Å². The van der Waals surface area contributed by atoms with Gasteiger partial charge in [0, 0.05) is 10.6 Å². The third-order valence-electron chi connectivity index (χ3n) is 3.21. The summed E-state index contributed by atoms with van der Waals surface area (Å²) in [7, 11) is 0. The van der Waals surface area contributed by atoms with Gasteiger partial charge >= 0.3 is 0 Å². The molecule has 0 atom stereocenters. The fourth-order valence-corrected chi connectivity index (χ4v) is 2.49. The van der Waals surface area contributed by atoms with Gasteiger partial charge in [-0.2, -0.15) is 14.9 Å². The number of hydrogen-bond acceptors (Lipinski definition) is 3. The average molecular weight is 329 g/mol. The molecule has 110 valence electrons. The van der Waals surface area contributed by atoms with Crippen molar-refractivity contribution in [1.82, 2.24) is 14.9 Å². The first kappa shape index (κ1) is 14.7. The molecule has 0 amide bonds. The second-order valence-electron chi connectivity index (χ2n) is 4.78. The quantitative estimate of drug-likeness (QED) is 0.570. The summed E-state index contributed by atoms with van der Waals surface area (Å²) in [5.74, 6) is 0.682. The van der Waals surface area contributed by atoms with E-state index in [1.54, 1.807) is 10.9 Å². The van der Waals surface area contributed by atoms with Crippen LogP contribution in [-0.4, -0.2) is 21.1 Å². The number of benzene rings is 2. The number of H-pyrrole nitrogens is 1. The molecule has 3 rings (SSSR count). The lowest BCUT2D eigenvalue weighted by Crippen LogP contribution is -1.96. The maximum Gasteiger partial charge on any atom is 0.216 e. The molecule has 0 aliphatic rings. The van der Waals surface area contributed by atoms with E-state index in [0.717, 1.165) is 16.7 Å². The number of aryl methyl sites for hydroxylation is 1. The van der Waals surface area contributed by atoms with Crippen LogP contribution in [0.15, 0.2) is 53.6 Å². The molecule has 0 fully saturated rings. The van der Waals surface area contributed by atoms with E-state index in [1.165, 1.54) is 0 Å². The number of aromatic nitrogens is 3. The Morgan fingerprint density at radius 2 is 2.05 bits per heavy atom. The molecular formula is C16H13ClN4S. The van der Waals surface area contributed by atoms with E-state index < -0.39 is 0 Å². The van der Waals surface area contributed by atoms with Crippen molar-refractivity contribution in [2.24, 2.45) is 5.10 Å². The van der Waals surface area contributed by atoms with E-state index in [2.05, 4.69) is 15.3 Å². The highest BCUT2D eigenvalue weighted by atomic mass is 35.5. The summed E-state index contributed by atoms with van der Waals surface area (Å²) in [4.78, 5) is 0. The lowest BCUT2D eigenvalue weighted by molar-refractivity contribution is 0.871. The van der Waals surface area contributed by atoms with Crippen LogP contribution in [0.3, 0.4) is 0 Å². The highest BCUT2D eigenvalue weighted by molar-refractivity contribution is 7.71. The van der Waals surface area contributed by atoms with Crippen molar-refractivity contribution in [3.8, 4) is 11.4 Å². The SMILES string of the molecule is Cc1ccccc1-c1n[nH]c(=S)n1/N=C/c1cccc(Cl)c1. The Morgan fingerprint density at radius 1 is 1.23 bits per heavy atom. The molecule has 1 heterocycles. The van der Waals surface area contributed by atoms with Crippen LogP contribution in [0.4, 0.5) is 0 Å². The smallest absolute Gasteiger partial charge is 0.216 e. The second-order valence-corrected chi connectivity index (χ2v) is 5.60. The summed E-state index contributed by atoms with van der Waals surface area (Å²) in [6.45, 7) is 2.03. The van der Waals surface area contributed by atoms with Gasteiger partial charge in [-0.3, -0.25) is 0 Å². The molecule has 22 heavy (non-hydrogen) atoms. The summed E-state index contributed by atoms with van der Waals surface area (Å²) in [6.07, 6.45) is 1.71. The second kappa shape index (κ2) is 6.25. The molecule has 0 saturated heterocycles. The molecule has 0 radical (unpaired) electrons. The van der Waals surface area contributed by atoms with E-state index >= 15 is 0 Å². The van der Waals surface area contributed by atoms with E-state index in [9.17, 15) is 0 Å². The first-order valence-corrected chi connectivity index (χ1v) is 7.47. The minimum Gasteiger partial charge on any atom is -0.250 e. The number of halogens is 1. The van der Waals surface area contributed by atoms with Crippen molar-refractivity contribution in [2.45, 2.75) is 6.92 Å². The molecular weight excluding hydrogens is 316 g/mol. The maximum absolute atomic E-state index is 5.98. The maximum atomic E-state index is 5.98. The van der Waals surface area contributed by atoms with Crippen LogP contribution in [-0.2, 0) is 0 Å². The van der Waals surface area contributed by atoms with Gasteiger partial charge in [0.2, 0.25) is 4.77 Å². The van der Waals surface area contributed by atoms with Gasteiger partial charge in [0.05, 0.1) is 6.21 Å². The summed E-state index contributed by atoms with van der Waals surface area (Å²) >= 11 is 11.2. The molecule has 0 aliphatic carbocycles. The zero-order valence-corrected chi connectivity index (χ0v) is 13.4. The van der Waals surface area contributed by atoms with Crippen LogP contribution < -0.4 is 0 Å². The van der Waals surface area contributed by atoms with Gasteiger partial charge in [-0.25, -0.2) is 5.10 Å². The van der Waals surface area contributed by atoms with Crippen molar-refractivity contribution >= 4 is 30.0 Å². The first-order chi connectivity index (χ1) is 10.6. The van der Waals surface area contributed by atoms with Gasteiger partial charge < -0.3 is 0 Å².